The van der Waals surface area contributed by atoms with Gasteiger partial charge in [-0.3, -0.25) is 10.1 Å². The molecule has 2 aliphatic rings. The van der Waals surface area contributed by atoms with Crippen LogP contribution in [0.3, 0.4) is 0 Å². The lowest BCUT2D eigenvalue weighted by Crippen LogP contribution is -2.30. The quantitative estimate of drug-likeness (QED) is 0.435. The topological polar surface area (TPSA) is 64.4 Å². The van der Waals surface area contributed by atoms with Crippen LogP contribution < -0.4 is 10.1 Å². The summed E-state index contributed by atoms with van der Waals surface area (Å²) >= 11 is 0. The molecule has 0 amide bonds. The number of benzene rings is 2. The molecule has 0 bridgehead atoms. The Balaban J connectivity index is 1.78. The Bertz CT molecular complexity index is 891. The van der Waals surface area contributed by atoms with Gasteiger partial charge in [0.1, 0.15) is 5.75 Å². The summed E-state index contributed by atoms with van der Waals surface area (Å²) in [5, 5.41) is 15.2. The molecule has 1 N–H and O–H groups in total. The zero-order valence-electron chi connectivity index (χ0n) is 15.6. The molecule has 0 spiro atoms. The first-order valence-electron chi connectivity index (χ1n) is 9.48. The van der Waals surface area contributed by atoms with Crippen LogP contribution in [0.15, 0.2) is 54.6 Å². The summed E-state index contributed by atoms with van der Waals surface area (Å²) in [7, 11) is 0. The van der Waals surface area contributed by atoms with E-state index < -0.39 is 0 Å². The number of hydrogen-bond donors (Lipinski definition) is 1. The Morgan fingerprint density at radius 1 is 1.19 bits per heavy atom. The van der Waals surface area contributed by atoms with Gasteiger partial charge in [-0.05, 0) is 29.9 Å². The molecule has 0 fully saturated rings. The Morgan fingerprint density at radius 3 is 2.74 bits per heavy atom. The number of para-hydroxylation sites is 2. The zero-order valence-corrected chi connectivity index (χ0v) is 15.6. The van der Waals surface area contributed by atoms with Crippen LogP contribution in [0, 0.1) is 22.0 Å². The molecule has 4 rings (SSSR count). The summed E-state index contributed by atoms with van der Waals surface area (Å²) in [5.74, 6) is 1.76. The molecule has 0 saturated carbocycles. The lowest BCUT2D eigenvalue weighted by Gasteiger charge is -2.38. The van der Waals surface area contributed by atoms with E-state index in [0.717, 1.165) is 23.4 Å². The van der Waals surface area contributed by atoms with E-state index in [0.29, 0.717) is 12.5 Å². The number of nitro benzene ring substituents is 1. The lowest BCUT2D eigenvalue weighted by molar-refractivity contribution is -0.385. The molecule has 0 saturated heterocycles. The van der Waals surface area contributed by atoms with Gasteiger partial charge in [0, 0.05) is 12.0 Å². The molecule has 1 aliphatic heterocycles. The number of hydrogen-bond acceptors (Lipinski definition) is 4. The predicted octanol–water partition coefficient (Wildman–Crippen LogP) is 5.46. The maximum Gasteiger partial charge on any atom is 0.274 e. The van der Waals surface area contributed by atoms with E-state index in [1.54, 1.807) is 12.1 Å². The highest BCUT2D eigenvalue weighted by Gasteiger charge is 2.41. The number of fused-ring (bicyclic) bond motifs is 3. The predicted molar refractivity (Wildman–Crippen MR) is 106 cm³/mol. The molecular weight excluding hydrogens is 340 g/mol. The first-order chi connectivity index (χ1) is 13.1. The van der Waals surface area contributed by atoms with E-state index >= 15 is 0 Å². The number of nitrogens with one attached hydrogen (secondary N) is 1. The summed E-state index contributed by atoms with van der Waals surface area (Å²) < 4.78 is 6.06. The number of ether oxygens (including phenoxy) is 1. The van der Waals surface area contributed by atoms with Gasteiger partial charge in [-0.2, -0.15) is 0 Å². The van der Waals surface area contributed by atoms with E-state index in [1.807, 2.05) is 24.3 Å². The van der Waals surface area contributed by atoms with Gasteiger partial charge in [-0.15, -0.1) is 0 Å². The van der Waals surface area contributed by atoms with Crippen molar-refractivity contribution in [2.75, 3.05) is 11.9 Å². The van der Waals surface area contributed by atoms with E-state index in [2.05, 4.69) is 37.4 Å². The summed E-state index contributed by atoms with van der Waals surface area (Å²) in [6.45, 7) is 4.88. The van der Waals surface area contributed by atoms with E-state index in [-0.39, 0.29) is 28.5 Å². The molecule has 5 heteroatoms. The van der Waals surface area contributed by atoms with Crippen molar-refractivity contribution in [3.63, 3.8) is 0 Å². The Hall–Kier alpha value is -2.82. The van der Waals surface area contributed by atoms with Crippen molar-refractivity contribution in [2.45, 2.75) is 32.2 Å². The fraction of sp³-hybridized carbons (Fsp3) is 0.364. The molecule has 5 nitrogen and oxygen atoms in total. The van der Waals surface area contributed by atoms with Crippen molar-refractivity contribution in [1.29, 1.82) is 0 Å². The van der Waals surface area contributed by atoms with Crippen molar-refractivity contribution in [1.82, 2.24) is 0 Å². The highest BCUT2D eigenvalue weighted by atomic mass is 16.6. The molecule has 2 aromatic rings. The number of nitrogens with zero attached hydrogens (tertiary/aromatic N) is 1. The summed E-state index contributed by atoms with van der Waals surface area (Å²) in [5.41, 5.74) is 3.09. The highest BCUT2D eigenvalue weighted by Crippen LogP contribution is 2.53. The van der Waals surface area contributed by atoms with Gasteiger partial charge in [0.2, 0.25) is 0 Å². The van der Waals surface area contributed by atoms with Gasteiger partial charge >= 0.3 is 0 Å². The lowest BCUT2D eigenvalue weighted by atomic mass is 9.76. The van der Waals surface area contributed by atoms with Crippen LogP contribution in [0.1, 0.15) is 43.4 Å². The summed E-state index contributed by atoms with van der Waals surface area (Å²) in [6, 6.07) is 13.1. The molecule has 27 heavy (non-hydrogen) atoms. The van der Waals surface area contributed by atoms with Crippen LogP contribution in [0.25, 0.3) is 0 Å². The standard InChI is InChI=1S/C22H24N2O3/c1-14(2)13-27-20-12-6-10-17-15-8-5-9-16(15)21(23-22(17)20)18-7-3-4-11-19(18)24(25)26/h3-8,10-12,14-16,21,23H,9,13H2,1-2H3. The second kappa shape index (κ2) is 7.06. The van der Waals surface area contributed by atoms with Crippen molar-refractivity contribution in [3.05, 3.63) is 75.9 Å². The Morgan fingerprint density at radius 2 is 1.96 bits per heavy atom. The zero-order chi connectivity index (χ0) is 19.0. The average molecular weight is 364 g/mol. The first kappa shape index (κ1) is 17.6. The van der Waals surface area contributed by atoms with Crippen LogP contribution in [0.5, 0.6) is 5.75 Å². The highest BCUT2D eigenvalue weighted by molar-refractivity contribution is 5.68. The minimum Gasteiger partial charge on any atom is -0.491 e. The molecule has 0 radical (unpaired) electrons. The largest absolute Gasteiger partial charge is 0.491 e. The van der Waals surface area contributed by atoms with E-state index in [9.17, 15) is 10.1 Å². The van der Waals surface area contributed by atoms with Gasteiger partial charge in [0.25, 0.3) is 5.69 Å². The second-order valence-corrected chi connectivity index (χ2v) is 7.72. The smallest absolute Gasteiger partial charge is 0.274 e. The number of anilines is 1. The minimum atomic E-state index is -0.287. The van der Waals surface area contributed by atoms with Crippen molar-refractivity contribution in [2.24, 2.45) is 11.8 Å². The maximum atomic E-state index is 11.6. The molecule has 2 aromatic carbocycles. The molecule has 1 aliphatic carbocycles. The average Bonchev–Trinajstić information content (AvgIpc) is 3.15. The van der Waals surface area contributed by atoms with Crippen LogP contribution in [-0.4, -0.2) is 11.5 Å². The van der Waals surface area contributed by atoms with Gasteiger partial charge in [0.05, 0.1) is 28.8 Å². The third-order valence-corrected chi connectivity index (χ3v) is 5.40. The van der Waals surface area contributed by atoms with Crippen molar-refractivity contribution in [3.8, 4) is 5.75 Å². The van der Waals surface area contributed by atoms with Gasteiger partial charge < -0.3 is 10.1 Å². The molecule has 1 heterocycles. The third kappa shape index (κ3) is 3.18. The first-order valence-corrected chi connectivity index (χ1v) is 9.48. The number of allylic oxidation sites excluding steroid dienone is 2. The van der Waals surface area contributed by atoms with Crippen LogP contribution >= 0.6 is 0 Å². The Labute approximate surface area is 159 Å². The number of nitro groups is 1. The molecule has 3 unspecified atom stereocenters. The summed E-state index contributed by atoms with van der Waals surface area (Å²) in [6.07, 6.45) is 5.33. The molecule has 3 atom stereocenters. The monoisotopic (exact) mass is 364 g/mol. The normalized spacial score (nSPS) is 22.9. The van der Waals surface area contributed by atoms with Crippen molar-refractivity contribution >= 4 is 11.4 Å². The minimum absolute atomic E-state index is 0.122. The van der Waals surface area contributed by atoms with Gasteiger partial charge in [-0.25, -0.2) is 0 Å². The van der Waals surface area contributed by atoms with Crippen LogP contribution in [0.2, 0.25) is 0 Å². The summed E-state index contributed by atoms with van der Waals surface area (Å²) in [4.78, 5) is 11.3. The van der Waals surface area contributed by atoms with Crippen LogP contribution in [0.4, 0.5) is 11.4 Å². The Kier molecular flexibility index (Phi) is 4.60. The molecule has 140 valence electrons. The maximum absolute atomic E-state index is 11.6. The van der Waals surface area contributed by atoms with E-state index in [1.165, 1.54) is 5.56 Å². The van der Waals surface area contributed by atoms with E-state index in [4.69, 9.17) is 4.74 Å². The SMILES string of the molecule is CC(C)COc1cccc2c1NC(c1ccccc1[N+](=O)[O-])C1CC=CC21. The van der Waals surface area contributed by atoms with Gasteiger partial charge in [-0.1, -0.05) is 56.3 Å². The fourth-order valence-electron chi connectivity index (χ4n) is 4.19. The number of rotatable bonds is 5. The molecular formula is C22H24N2O3. The van der Waals surface area contributed by atoms with Crippen LogP contribution in [-0.2, 0) is 0 Å². The van der Waals surface area contributed by atoms with Gasteiger partial charge in [0.15, 0.2) is 0 Å². The van der Waals surface area contributed by atoms with Crippen molar-refractivity contribution < 1.29 is 9.66 Å². The third-order valence-electron chi connectivity index (χ3n) is 5.40. The fourth-order valence-corrected chi connectivity index (χ4v) is 4.19. The second-order valence-electron chi connectivity index (χ2n) is 7.72. The molecule has 0 aromatic heterocycles.